The van der Waals surface area contributed by atoms with Crippen LogP contribution in [0.5, 0.6) is 0 Å². The summed E-state index contributed by atoms with van der Waals surface area (Å²) in [5.74, 6) is 4.88. The van der Waals surface area contributed by atoms with Crippen molar-refractivity contribution >= 4 is 38.7 Å². The van der Waals surface area contributed by atoms with E-state index in [1.807, 2.05) is 0 Å². The van der Waals surface area contributed by atoms with Gasteiger partial charge in [0.25, 0.3) is 5.69 Å². The molecule has 2 rings (SSSR count). The van der Waals surface area contributed by atoms with Gasteiger partial charge in [0.05, 0.1) is 15.1 Å². The number of hydrazine groups is 1. The topological polar surface area (TPSA) is 93.2 Å². The lowest BCUT2D eigenvalue weighted by Crippen LogP contribution is -2.07. The number of nitrogens with zero attached hydrogens (tertiary/aromatic N) is 1. The minimum atomic E-state index is -0.521. The highest BCUT2D eigenvalue weighted by atomic mass is 79.9. The maximum absolute atomic E-state index is 13.1. The minimum absolute atomic E-state index is 0.107. The Morgan fingerprint density at radius 3 is 2.45 bits per heavy atom. The second-order valence-electron chi connectivity index (χ2n) is 3.92. The Hall–Kier alpha value is -2.19. The second-order valence-corrected chi connectivity index (χ2v) is 4.78. The maximum atomic E-state index is 13.1. The smallest absolute Gasteiger partial charge is 0.273 e. The Kier molecular flexibility index (Phi) is 4.16. The number of nitrogens with two attached hydrogens (primary N) is 1. The molecule has 2 aromatic carbocycles. The van der Waals surface area contributed by atoms with E-state index in [4.69, 9.17) is 5.84 Å². The van der Waals surface area contributed by atoms with Gasteiger partial charge in [-0.15, -0.1) is 0 Å². The van der Waals surface area contributed by atoms with Gasteiger partial charge >= 0.3 is 0 Å². The number of nitrogens with one attached hydrogen (secondary N) is 2. The molecule has 0 unspecified atom stereocenters. The molecule has 0 heterocycles. The Labute approximate surface area is 122 Å². The normalized spacial score (nSPS) is 10.2. The number of non-ortho nitro benzene ring substituents is 1. The molecule has 0 spiro atoms. The molecule has 20 heavy (non-hydrogen) atoms. The summed E-state index contributed by atoms with van der Waals surface area (Å²) < 4.78 is 13.4. The molecule has 0 aliphatic rings. The summed E-state index contributed by atoms with van der Waals surface area (Å²) in [4.78, 5) is 10.3. The van der Waals surface area contributed by atoms with Crippen LogP contribution in [0.4, 0.5) is 27.1 Å². The van der Waals surface area contributed by atoms with Crippen molar-refractivity contribution in [2.24, 2.45) is 5.84 Å². The second kappa shape index (κ2) is 5.85. The molecule has 0 atom stereocenters. The number of anilines is 3. The van der Waals surface area contributed by atoms with E-state index in [9.17, 15) is 14.5 Å². The Morgan fingerprint density at radius 1 is 1.15 bits per heavy atom. The first-order chi connectivity index (χ1) is 9.49. The third-order valence-electron chi connectivity index (χ3n) is 2.50. The minimum Gasteiger partial charge on any atom is -0.355 e. The van der Waals surface area contributed by atoms with E-state index >= 15 is 0 Å². The molecule has 0 saturated heterocycles. The molecular formula is C12H10BrFN4O2. The predicted octanol–water partition coefficient (Wildman–Crippen LogP) is 3.53. The molecule has 0 bridgehead atoms. The van der Waals surface area contributed by atoms with E-state index in [1.165, 1.54) is 30.3 Å². The van der Waals surface area contributed by atoms with E-state index < -0.39 is 4.92 Å². The Bertz CT molecular complexity index is 666. The summed E-state index contributed by atoms with van der Waals surface area (Å²) in [6.07, 6.45) is 0. The first-order valence-corrected chi connectivity index (χ1v) is 6.27. The van der Waals surface area contributed by atoms with Gasteiger partial charge in [0.2, 0.25) is 0 Å². The van der Waals surface area contributed by atoms with Crippen molar-refractivity contribution in [3.63, 3.8) is 0 Å². The molecule has 0 aromatic heterocycles. The van der Waals surface area contributed by atoms with Gasteiger partial charge in [-0.3, -0.25) is 16.0 Å². The summed E-state index contributed by atoms with van der Waals surface area (Å²) in [5.41, 5.74) is 3.69. The highest BCUT2D eigenvalue weighted by Gasteiger charge is 2.10. The zero-order valence-electron chi connectivity index (χ0n) is 10.1. The summed E-state index contributed by atoms with van der Waals surface area (Å²) in [6, 6.07) is 8.61. The van der Waals surface area contributed by atoms with Crippen LogP contribution in [0.15, 0.2) is 40.9 Å². The lowest BCUT2D eigenvalue weighted by Gasteiger charge is -2.09. The number of nitrogen functional groups attached to an aromatic ring is 1. The average molecular weight is 341 g/mol. The summed E-state index contributed by atoms with van der Waals surface area (Å²) in [7, 11) is 0. The van der Waals surface area contributed by atoms with E-state index in [1.54, 1.807) is 6.07 Å². The summed E-state index contributed by atoms with van der Waals surface area (Å²) in [5, 5.41) is 13.8. The van der Waals surface area contributed by atoms with Crippen LogP contribution in [-0.2, 0) is 0 Å². The molecule has 0 aliphatic carbocycles. The number of hydrogen-bond donors (Lipinski definition) is 3. The van der Waals surface area contributed by atoms with Crippen LogP contribution < -0.4 is 16.6 Å². The zero-order chi connectivity index (χ0) is 14.7. The Morgan fingerprint density at radius 2 is 1.85 bits per heavy atom. The number of halogens is 2. The van der Waals surface area contributed by atoms with Gasteiger partial charge in [0.1, 0.15) is 5.82 Å². The van der Waals surface area contributed by atoms with Crippen molar-refractivity contribution in [2.75, 3.05) is 10.7 Å². The van der Waals surface area contributed by atoms with E-state index in [0.717, 1.165) is 0 Å². The lowest BCUT2D eigenvalue weighted by molar-refractivity contribution is -0.384. The van der Waals surface area contributed by atoms with Crippen molar-refractivity contribution in [2.45, 2.75) is 0 Å². The fourth-order valence-electron chi connectivity index (χ4n) is 1.61. The monoisotopic (exact) mass is 340 g/mol. The molecule has 0 radical (unpaired) electrons. The SMILES string of the molecule is NNc1cc(Nc2ccc(F)c(Br)c2)cc([N+](=O)[O-])c1. The van der Waals surface area contributed by atoms with E-state index in [2.05, 4.69) is 26.7 Å². The van der Waals surface area contributed by atoms with Crippen molar-refractivity contribution in [1.82, 2.24) is 0 Å². The third kappa shape index (κ3) is 3.22. The zero-order valence-corrected chi connectivity index (χ0v) is 11.6. The van der Waals surface area contributed by atoms with Crippen LogP contribution in [0.3, 0.4) is 0 Å². The first kappa shape index (κ1) is 14.2. The standard InChI is InChI=1S/C12H10BrFN4O2/c13-11-6-7(1-2-12(11)14)16-8-3-9(17-15)5-10(4-8)18(19)20/h1-6,16-17H,15H2. The highest BCUT2D eigenvalue weighted by molar-refractivity contribution is 9.10. The quantitative estimate of drug-likeness (QED) is 0.449. The molecular weight excluding hydrogens is 331 g/mol. The van der Waals surface area contributed by atoms with Crippen LogP contribution in [0, 0.1) is 15.9 Å². The van der Waals surface area contributed by atoms with Gasteiger partial charge in [0, 0.05) is 23.5 Å². The Balaban J connectivity index is 2.34. The molecule has 104 valence electrons. The molecule has 0 aliphatic heterocycles. The summed E-state index contributed by atoms with van der Waals surface area (Å²) in [6.45, 7) is 0. The number of hydrogen-bond acceptors (Lipinski definition) is 5. The molecule has 0 amide bonds. The fourth-order valence-corrected chi connectivity index (χ4v) is 1.99. The van der Waals surface area contributed by atoms with Crippen LogP contribution in [-0.4, -0.2) is 4.92 Å². The van der Waals surface area contributed by atoms with E-state index in [0.29, 0.717) is 21.5 Å². The predicted molar refractivity (Wildman–Crippen MR) is 78.3 cm³/mol. The average Bonchev–Trinajstić information content (AvgIpc) is 2.42. The molecule has 8 heteroatoms. The number of nitro groups is 1. The third-order valence-corrected chi connectivity index (χ3v) is 3.11. The van der Waals surface area contributed by atoms with Gasteiger partial charge in [-0.2, -0.15) is 0 Å². The van der Waals surface area contributed by atoms with Crippen LogP contribution in [0.25, 0.3) is 0 Å². The molecule has 0 saturated carbocycles. The summed E-state index contributed by atoms with van der Waals surface area (Å²) >= 11 is 3.07. The van der Waals surface area contributed by atoms with Crippen molar-refractivity contribution < 1.29 is 9.31 Å². The van der Waals surface area contributed by atoms with Crippen LogP contribution in [0.1, 0.15) is 0 Å². The van der Waals surface area contributed by atoms with E-state index in [-0.39, 0.29) is 11.5 Å². The number of nitro benzene ring substituents is 1. The fraction of sp³-hybridized carbons (Fsp3) is 0. The number of benzene rings is 2. The highest BCUT2D eigenvalue weighted by Crippen LogP contribution is 2.28. The van der Waals surface area contributed by atoms with Gasteiger partial charge < -0.3 is 10.7 Å². The van der Waals surface area contributed by atoms with Crippen LogP contribution >= 0.6 is 15.9 Å². The maximum Gasteiger partial charge on any atom is 0.273 e. The van der Waals surface area contributed by atoms with Gasteiger partial charge in [-0.1, -0.05) is 0 Å². The molecule has 6 nitrogen and oxygen atoms in total. The van der Waals surface area contributed by atoms with Gasteiger partial charge in [-0.25, -0.2) is 4.39 Å². The van der Waals surface area contributed by atoms with Gasteiger partial charge in [-0.05, 0) is 40.2 Å². The van der Waals surface area contributed by atoms with Crippen molar-refractivity contribution in [3.8, 4) is 0 Å². The largest absolute Gasteiger partial charge is 0.355 e. The van der Waals surface area contributed by atoms with Crippen molar-refractivity contribution in [3.05, 3.63) is 56.8 Å². The number of rotatable bonds is 4. The molecule has 0 fully saturated rings. The molecule has 2 aromatic rings. The first-order valence-electron chi connectivity index (χ1n) is 5.48. The molecule has 4 N–H and O–H groups in total. The lowest BCUT2D eigenvalue weighted by atomic mass is 10.2. The van der Waals surface area contributed by atoms with Crippen LogP contribution in [0.2, 0.25) is 0 Å². The van der Waals surface area contributed by atoms with Gasteiger partial charge in [0.15, 0.2) is 0 Å². The van der Waals surface area contributed by atoms with Crippen molar-refractivity contribution in [1.29, 1.82) is 0 Å².